The maximum Gasteiger partial charge on any atom is 0.147 e. The summed E-state index contributed by atoms with van der Waals surface area (Å²) in [5, 5.41) is 4.94. The molecule has 1 unspecified atom stereocenters. The second kappa shape index (κ2) is 8.54. The smallest absolute Gasteiger partial charge is 0.147 e. The van der Waals surface area contributed by atoms with Crippen LogP contribution in [0.3, 0.4) is 0 Å². The molecule has 5 rings (SSSR count). The molecule has 160 valence electrons. The molecule has 4 nitrogen and oxygen atoms in total. The van der Waals surface area contributed by atoms with E-state index in [-0.39, 0.29) is 0 Å². The van der Waals surface area contributed by atoms with Gasteiger partial charge in [-0.15, -0.1) is 11.3 Å². The van der Waals surface area contributed by atoms with E-state index in [1.54, 1.807) is 17.7 Å². The van der Waals surface area contributed by atoms with Crippen molar-refractivity contribution in [2.75, 3.05) is 5.32 Å². The number of anilines is 1. The van der Waals surface area contributed by atoms with E-state index in [4.69, 9.17) is 9.97 Å². The third-order valence-electron chi connectivity index (χ3n) is 6.25. The molecule has 0 saturated carbocycles. The Morgan fingerprint density at radius 2 is 1.84 bits per heavy atom. The highest BCUT2D eigenvalue weighted by atomic mass is 32.1. The number of aromatic nitrogens is 3. The van der Waals surface area contributed by atoms with Crippen molar-refractivity contribution in [3.8, 4) is 0 Å². The number of hydrogen-bond donors (Lipinski definition) is 1. The van der Waals surface area contributed by atoms with E-state index < -0.39 is 0 Å². The molecule has 4 aromatic rings. The summed E-state index contributed by atoms with van der Waals surface area (Å²) in [6, 6.07) is 11.0. The summed E-state index contributed by atoms with van der Waals surface area (Å²) in [6.45, 7) is 6.80. The Morgan fingerprint density at radius 3 is 2.65 bits per heavy atom. The average molecular weight is 431 g/mol. The minimum atomic E-state index is 0.332. The fourth-order valence-electron chi connectivity index (χ4n) is 4.77. The average Bonchev–Trinajstić information content (AvgIpc) is 3.38. The number of nitrogens with zero attached hydrogens (tertiary/aromatic N) is 3. The lowest BCUT2D eigenvalue weighted by atomic mass is 9.99. The SMILES string of the molecule is CC(C)Cc1nc2sc3c(NC(C)CCc4ccccc4)ncnc3c2c2c1CCC2. The summed E-state index contributed by atoms with van der Waals surface area (Å²) in [5.74, 6) is 1.57. The van der Waals surface area contributed by atoms with Crippen molar-refractivity contribution < 1.29 is 0 Å². The van der Waals surface area contributed by atoms with Gasteiger partial charge in [0.1, 0.15) is 17.0 Å². The molecule has 1 aliphatic rings. The fraction of sp³-hybridized carbons (Fsp3) is 0.423. The first-order valence-electron chi connectivity index (χ1n) is 11.5. The molecule has 1 atom stereocenters. The van der Waals surface area contributed by atoms with Gasteiger partial charge in [-0.2, -0.15) is 0 Å². The number of aryl methyl sites for hydroxylation is 2. The molecule has 0 spiro atoms. The van der Waals surface area contributed by atoms with Crippen LogP contribution >= 0.6 is 11.3 Å². The van der Waals surface area contributed by atoms with Gasteiger partial charge in [-0.25, -0.2) is 15.0 Å². The molecule has 0 aliphatic heterocycles. The molecule has 3 heterocycles. The van der Waals surface area contributed by atoms with Crippen LogP contribution in [-0.4, -0.2) is 21.0 Å². The highest BCUT2D eigenvalue weighted by molar-refractivity contribution is 7.26. The Hall–Kier alpha value is -2.53. The zero-order chi connectivity index (χ0) is 21.4. The van der Waals surface area contributed by atoms with E-state index in [2.05, 4.69) is 61.4 Å². The molecule has 3 aromatic heterocycles. The highest BCUT2D eigenvalue weighted by Crippen LogP contribution is 2.41. The van der Waals surface area contributed by atoms with Crippen molar-refractivity contribution in [1.82, 2.24) is 15.0 Å². The summed E-state index contributed by atoms with van der Waals surface area (Å²) in [4.78, 5) is 15.6. The molecule has 0 saturated heterocycles. The Labute approximate surface area is 188 Å². The van der Waals surface area contributed by atoms with Gasteiger partial charge in [-0.05, 0) is 68.1 Å². The molecule has 0 radical (unpaired) electrons. The van der Waals surface area contributed by atoms with E-state index in [0.717, 1.165) is 53.0 Å². The minimum absolute atomic E-state index is 0.332. The van der Waals surface area contributed by atoms with Gasteiger partial charge in [-0.1, -0.05) is 44.2 Å². The van der Waals surface area contributed by atoms with Crippen molar-refractivity contribution in [3.63, 3.8) is 0 Å². The van der Waals surface area contributed by atoms with Crippen LogP contribution in [0.2, 0.25) is 0 Å². The molecule has 0 bridgehead atoms. The van der Waals surface area contributed by atoms with Crippen LogP contribution in [0.25, 0.3) is 20.4 Å². The lowest BCUT2D eigenvalue weighted by Gasteiger charge is -2.14. The quantitative estimate of drug-likeness (QED) is 0.371. The maximum absolute atomic E-state index is 5.14. The van der Waals surface area contributed by atoms with Crippen molar-refractivity contribution in [1.29, 1.82) is 0 Å². The van der Waals surface area contributed by atoms with Gasteiger partial charge in [0.15, 0.2) is 0 Å². The molecular formula is C26H30N4S. The Kier molecular flexibility index (Phi) is 5.61. The molecule has 0 amide bonds. The van der Waals surface area contributed by atoms with Gasteiger partial charge in [-0.3, -0.25) is 0 Å². The summed E-state index contributed by atoms with van der Waals surface area (Å²) in [7, 11) is 0. The van der Waals surface area contributed by atoms with Gasteiger partial charge in [0.05, 0.1) is 10.2 Å². The second-order valence-corrected chi connectivity index (χ2v) is 10.2. The largest absolute Gasteiger partial charge is 0.366 e. The first-order chi connectivity index (χ1) is 15.1. The Bertz CT molecular complexity index is 1210. The van der Waals surface area contributed by atoms with Gasteiger partial charge < -0.3 is 5.32 Å². The highest BCUT2D eigenvalue weighted by Gasteiger charge is 2.24. The zero-order valence-corrected chi connectivity index (χ0v) is 19.4. The number of nitrogens with one attached hydrogen (secondary N) is 1. The maximum atomic E-state index is 5.14. The van der Waals surface area contributed by atoms with Gasteiger partial charge in [0.25, 0.3) is 0 Å². The molecule has 0 fully saturated rings. The normalized spacial score (nSPS) is 14.5. The van der Waals surface area contributed by atoms with E-state index >= 15 is 0 Å². The van der Waals surface area contributed by atoms with E-state index in [9.17, 15) is 0 Å². The second-order valence-electron chi connectivity index (χ2n) is 9.22. The van der Waals surface area contributed by atoms with Gasteiger partial charge in [0, 0.05) is 17.1 Å². The Balaban J connectivity index is 1.48. The lowest BCUT2D eigenvalue weighted by molar-refractivity contribution is 0.632. The minimum Gasteiger partial charge on any atom is -0.366 e. The molecular weight excluding hydrogens is 400 g/mol. The number of benzene rings is 1. The number of fused-ring (bicyclic) bond motifs is 5. The van der Waals surface area contributed by atoms with E-state index in [1.807, 2.05) is 0 Å². The van der Waals surface area contributed by atoms with Crippen molar-refractivity contribution in [2.45, 2.75) is 65.3 Å². The topological polar surface area (TPSA) is 50.7 Å². The van der Waals surface area contributed by atoms with Crippen LogP contribution in [0.15, 0.2) is 36.7 Å². The standard InChI is InChI=1S/C26H30N4S/c1-16(2)14-21-19-10-7-11-20(19)22-23-24(31-26(22)30-21)25(28-15-27-23)29-17(3)12-13-18-8-5-4-6-9-18/h4-6,8-9,15-17H,7,10-14H2,1-3H3,(H,27,28,29). The van der Waals surface area contributed by atoms with Crippen LogP contribution in [0, 0.1) is 5.92 Å². The van der Waals surface area contributed by atoms with Gasteiger partial charge in [0.2, 0.25) is 0 Å². The van der Waals surface area contributed by atoms with Crippen LogP contribution in [0.4, 0.5) is 5.82 Å². The number of pyridine rings is 1. The summed E-state index contributed by atoms with van der Waals surface area (Å²) < 4.78 is 1.15. The Morgan fingerprint density at radius 1 is 1.03 bits per heavy atom. The van der Waals surface area contributed by atoms with E-state index in [0.29, 0.717) is 12.0 Å². The molecule has 1 N–H and O–H groups in total. The number of rotatable bonds is 7. The molecule has 5 heteroatoms. The summed E-state index contributed by atoms with van der Waals surface area (Å²) >= 11 is 1.75. The fourth-order valence-corrected chi connectivity index (χ4v) is 5.90. The van der Waals surface area contributed by atoms with Crippen LogP contribution in [-0.2, 0) is 25.7 Å². The van der Waals surface area contributed by atoms with E-state index in [1.165, 1.54) is 34.2 Å². The number of thiophene rings is 1. The van der Waals surface area contributed by atoms with Crippen LogP contribution < -0.4 is 5.32 Å². The molecule has 1 aliphatic carbocycles. The summed E-state index contributed by atoms with van der Waals surface area (Å²) in [5.41, 5.74) is 6.75. The first-order valence-corrected chi connectivity index (χ1v) is 12.3. The van der Waals surface area contributed by atoms with Gasteiger partial charge >= 0.3 is 0 Å². The zero-order valence-electron chi connectivity index (χ0n) is 18.6. The third kappa shape index (κ3) is 4.03. The van der Waals surface area contributed by atoms with Crippen molar-refractivity contribution >= 4 is 37.6 Å². The monoisotopic (exact) mass is 430 g/mol. The summed E-state index contributed by atoms with van der Waals surface area (Å²) in [6.07, 6.45) is 8.42. The van der Waals surface area contributed by atoms with Crippen LogP contribution in [0.5, 0.6) is 0 Å². The predicted octanol–water partition coefficient (Wildman–Crippen LogP) is 6.36. The lowest BCUT2D eigenvalue weighted by Crippen LogP contribution is -2.17. The first kappa shape index (κ1) is 20.4. The molecule has 31 heavy (non-hydrogen) atoms. The van der Waals surface area contributed by atoms with Crippen molar-refractivity contribution in [3.05, 3.63) is 59.0 Å². The molecule has 1 aromatic carbocycles. The predicted molar refractivity (Wildman–Crippen MR) is 131 cm³/mol. The van der Waals surface area contributed by atoms with Crippen molar-refractivity contribution in [2.24, 2.45) is 5.92 Å². The number of hydrogen-bond acceptors (Lipinski definition) is 5. The van der Waals surface area contributed by atoms with Crippen LogP contribution in [0.1, 0.15) is 56.0 Å². The third-order valence-corrected chi connectivity index (χ3v) is 7.33.